The SMILES string of the molecule is CON1C(C)(C)CC(CNS(=O)Oc2cccc(NS(C)(=O)=O)c2)C1(C)C. The topological polar surface area (TPSA) is 97.0 Å². The number of rotatable bonds is 8. The van der Waals surface area contributed by atoms with Gasteiger partial charge in [-0.1, -0.05) is 6.07 Å². The van der Waals surface area contributed by atoms with Gasteiger partial charge in [-0.2, -0.15) is 9.27 Å². The van der Waals surface area contributed by atoms with Crippen LogP contribution in [0.2, 0.25) is 0 Å². The van der Waals surface area contributed by atoms with Crippen LogP contribution < -0.4 is 13.6 Å². The number of nitrogens with one attached hydrogen (secondary N) is 2. The molecule has 2 unspecified atom stereocenters. The number of benzene rings is 1. The van der Waals surface area contributed by atoms with Crippen LogP contribution in [0.3, 0.4) is 0 Å². The molecule has 154 valence electrons. The van der Waals surface area contributed by atoms with Crippen molar-refractivity contribution in [3.05, 3.63) is 24.3 Å². The average Bonchev–Trinajstić information content (AvgIpc) is 2.67. The van der Waals surface area contributed by atoms with Crippen LogP contribution in [0.5, 0.6) is 5.75 Å². The number of hydrogen-bond donors (Lipinski definition) is 2. The number of hydrogen-bond acceptors (Lipinski definition) is 6. The molecule has 1 aliphatic rings. The molecule has 1 fully saturated rings. The lowest BCUT2D eigenvalue weighted by Crippen LogP contribution is -2.50. The van der Waals surface area contributed by atoms with E-state index in [9.17, 15) is 12.6 Å². The van der Waals surface area contributed by atoms with Gasteiger partial charge in [-0.15, -0.1) is 0 Å². The van der Waals surface area contributed by atoms with E-state index in [4.69, 9.17) is 9.02 Å². The van der Waals surface area contributed by atoms with E-state index < -0.39 is 21.3 Å². The zero-order chi connectivity index (χ0) is 20.5. The molecule has 0 saturated carbocycles. The third kappa shape index (κ3) is 5.64. The zero-order valence-corrected chi connectivity index (χ0v) is 18.2. The maximum Gasteiger partial charge on any atom is 0.288 e. The lowest BCUT2D eigenvalue weighted by Gasteiger charge is -2.39. The standard InChI is InChI=1S/C17H29N3O5S2/c1-16(2)11-13(17(3,4)20(16)24-5)12-18-26(21)25-15-9-7-8-14(10-15)19-27(6,22)23/h7-10,13,18-19H,11-12H2,1-6H3. The number of nitrogens with zero attached hydrogens (tertiary/aromatic N) is 1. The molecular formula is C17H29N3O5S2. The third-order valence-electron chi connectivity index (χ3n) is 4.76. The summed E-state index contributed by atoms with van der Waals surface area (Å²) in [6.45, 7) is 8.92. The normalized spacial score (nSPS) is 23.1. The Morgan fingerprint density at radius 2 is 1.96 bits per heavy atom. The molecular weight excluding hydrogens is 390 g/mol. The second-order valence-corrected chi connectivity index (χ2v) is 10.6. The molecule has 1 heterocycles. The minimum Gasteiger partial charge on any atom is -0.389 e. The van der Waals surface area contributed by atoms with Gasteiger partial charge >= 0.3 is 0 Å². The molecule has 8 nitrogen and oxygen atoms in total. The summed E-state index contributed by atoms with van der Waals surface area (Å²) in [7, 11) is -1.72. The molecule has 27 heavy (non-hydrogen) atoms. The smallest absolute Gasteiger partial charge is 0.288 e. The first kappa shape index (κ1) is 22.1. The van der Waals surface area contributed by atoms with Gasteiger partial charge in [-0.25, -0.2) is 13.1 Å². The second-order valence-electron chi connectivity index (χ2n) is 7.91. The van der Waals surface area contributed by atoms with Crippen LogP contribution in [0.15, 0.2) is 24.3 Å². The Balaban J connectivity index is 1.96. The predicted molar refractivity (Wildman–Crippen MR) is 107 cm³/mol. The molecule has 0 spiro atoms. The average molecular weight is 420 g/mol. The van der Waals surface area contributed by atoms with Gasteiger partial charge in [0.15, 0.2) is 0 Å². The monoisotopic (exact) mass is 419 g/mol. The fraction of sp³-hybridized carbons (Fsp3) is 0.647. The summed E-state index contributed by atoms with van der Waals surface area (Å²) in [6.07, 6.45) is 1.94. The molecule has 10 heteroatoms. The predicted octanol–water partition coefficient (Wildman–Crippen LogP) is 2.05. The van der Waals surface area contributed by atoms with Crippen molar-refractivity contribution in [1.82, 2.24) is 9.79 Å². The van der Waals surface area contributed by atoms with Crippen molar-refractivity contribution in [2.75, 3.05) is 24.6 Å². The summed E-state index contributed by atoms with van der Waals surface area (Å²) in [5, 5.41) is 1.98. The molecule has 0 aromatic heterocycles. The number of anilines is 1. The van der Waals surface area contributed by atoms with E-state index >= 15 is 0 Å². The summed E-state index contributed by atoms with van der Waals surface area (Å²) in [5.41, 5.74) is -0.00528. The maximum atomic E-state index is 12.3. The van der Waals surface area contributed by atoms with E-state index in [1.54, 1.807) is 25.3 Å². The van der Waals surface area contributed by atoms with Gasteiger partial charge in [0.05, 0.1) is 19.1 Å². The van der Waals surface area contributed by atoms with Crippen LogP contribution in [0.25, 0.3) is 0 Å². The first-order chi connectivity index (χ1) is 12.3. The molecule has 1 aliphatic heterocycles. The van der Waals surface area contributed by atoms with Crippen molar-refractivity contribution in [2.24, 2.45) is 5.92 Å². The largest absolute Gasteiger partial charge is 0.389 e. The summed E-state index contributed by atoms with van der Waals surface area (Å²) in [6, 6.07) is 6.31. The van der Waals surface area contributed by atoms with Crippen molar-refractivity contribution in [2.45, 2.75) is 45.2 Å². The fourth-order valence-electron chi connectivity index (χ4n) is 3.80. The Bertz CT molecular complexity index is 796. The lowest BCUT2D eigenvalue weighted by molar-refractivity contribution is -0.223. The number of sulfonamides is 1. The van der Waals surface area contributed by atoms with Crippen LogP contribution >= 0.6 is 0 Å². The summed E-state index contributed by atoms with van der Waals surface area (Å²) >= 11 is -1.76. The summed E-state index contributed by atoms with van der Waals surface area (Å²) in [4.78, 5) is 5.57. The first-order valence-electron chi connectivity index (χ1n) is 8.61. The van der Waals surface area contributed by atoms with Gasteiger partial charge < -0.3 is 9.02 Å². The molecule has 2 N–H and O–H groups in total. The molecule has 1 aromatic rings. The van der Waals surface area contributed by atoms with Crippen molar-refractivity contribution < 1.29 is 21.6 Å². The highest BCUT2D eigenvalue weighted by Crippen LogP contribution is 2.44. The van der Waals surface area contributed by atoms with Crippen LogP contribution in [-0.2, 0) is 26.1 Å². The Morgan fingerprint density at radius 1 is 1.30 bits per heavy atom. The lowest BCUT2D eigenvalue weighted by atomic mass is 9.87. The fourth-order valence-corrected chi connectivity index (χ4v) is 5.03. The molecule has 0 aliphatic carbocycles. The summed E-state index contributed by atoms with van der Waals surface area (Å²) < 4.78 is 45.6. The Labute approximate surface area is 164 Å². The van der Waals surface area contributed by atoms with Crippen LogP contribution in [-0.4, -0.2) is 48.7 Å². The van der Waals surface area contributed by atoms with Gasteiger partial charge in [0.25, 0.3) is 11.3 Å². The van der Waals surface area contributed by atoms with Crippen molar-refractivity contribution >= 4 is 27.0 Å². The molecule has 2 rings (SSSR count). The van der Waals surface area contributed by atoms with Gasteiger partial charge in [-0.05, 0) is 52.2 Å². The molecule has 0 radical (unpaired) electrons. The molecule has 0 amide bonds. The van der Waals surface area contributed by atoms with E-state index in [2.05, 4.69) is 37.1 Å². The first-order valence-corrected chi connectivity index (χ1v) is 11.6. The van der Waals surface area contributed by atoms with E-state index in [-0.39, 0.29) is 17.0 Å². The Hall–Kier alpha value is -1.20. The van der Waals surface area contributed by atoms with Crippen LogP contribution in [0, 0.1) is 5.92 Å². The highest BCUT2D eigenvalue weighted by Gasteiger charge is 2.52. The van der Waals surface area contributed by atoms with Crippen molar-refractivity contribution in [3.8, 4) is 5.75 Å². The summed E-state index contributed by atoms with van der Waals surface area (Å²) in [5.74, 6) is 0.511. The second kappa shape index (κ2) is 8.04. The van der Waals surface area contributed by atoms with E-state index in [0.717, 1.165) is 12.7 Å². The molecule has 1 aromatic carbocycles. The van der Waals surface area contributed by atoms with Crippen molar-refractivity contribution in [1.29, 1.82) is 0 Å². The van der Waals surface area contributed by atoms with Crippen LogP contribution in [0.4, 0.5) is 5.69 Å². The molecule has 0 bridgehead atoms. The van der Waals surface area contributed by atoms with Crippen molar-refractivity contribution in [3.63, 3.8) is 0 Å². The minimum atomic E-state index is -3.39. The molecule has 2 atom stereocenters. The van der Waals surface area contributed by atoms with Gasteiger partial charge in [0.2, 0.25) is 10.0 Å². The van der Waals surface area contributed by atoms with E-state index in [0.29, 0.717) is 18.0 Å². The van der Waals surface area contributed by atoms with Gasteiger partial charge in [0, 0.05) is 23.7 Å². The van der Waals surface area contributed by atoms with Crippen LogP contribution in [0.1, 0.15) is 34.1 Å². The van der Waals surface area contributed by atoms with E-state index in [1.807, 2.05) is 5.06 Å². The quantitative estimate of drug-likeness (QED) is 0.669. The highest BCUT2D eigenvalue weighted by atomic mass is 32.2. The Morgan fingerprint density at radius 3 is 2.52 bits per heavy atom. The Kier molecular flexibility index (Phi) is 6.58. The van der Waals surface area contributed by atoms with Gasteiger partial charge in [0.1, 0.15) is 5.75 Å². The number of hydroxylamine groups is 2. The van der Waals surface area contributed by atoms with Gasteiger partial charge in [-0.3, -0.25) is 4.72 Å². The van der Waals surface area contributed by atoms with E-state index in [1.165, 1.54) is 6.07 Å². The maximum absolute atomic E-state index is 12.3. The highest BCUT2D eigenvalue weighted by molar-refractivity contribution is 7.92. The third-order valence-corrected chi connectivity index (χ3v) is 6.11. The minimum absolute atomic E-state index is 0.126. The zero-order valence-electron chi connectivity index (χ0n) is 16.6. The molecule has 1 saturated heterocycles.